The zero-order valence-corrected chi connectivity index (χ0v) is 14.9. The van der Waals surface area contributed by atoms with Crippen LogP contribution in [0.3, 0.4) is 0 Å². The van der Waals surface area contributed by atoms with Gasteiger partial charge in [0.25, 0.3) is 10.0 Å². The Labute approximate surface area is 142 Å². The van der Waals surface area contributed by atoms with Crippen LogP contribution in [-0.2, 0) is 15.4 Å². The lowest BCUT2D eigenvalue weighted by molar-refractivity contribution is 0.416. The van der Waals surface area contributed by atoms with Gasteiger partial charge in [-0.25, -0.2) is 8.42 Å². The van der Waals surface area contributed by atoms with E-state index in [1.807, 2.05) is 32.9 Å². The second-order valence-electron chi connectivity index (χ2n) is 6.41. The maximum absolute atomic E-state index is 12.6. The first-order valence-electron chi connectivity index (χ1n) is 7.39. The molecule has 24 heavy (non-hydrogen) atoms. The Hall–Kier alpha value is -2.52. The molecule has 0 unspecified atom stereocenters. The minimum absolute atomic E-state index is 0.0322. The summed E-state index contributed by atoms with van der Waals surface area (Å²) in [5.41, 5.74) is 1.50. The Morgan fingerprint density at radius 1 is 1.12 bits per heavy atom. The average molecular weight is 344 g/mol. The topological polar surface area (TPSA) is 79.2 Å². The van der Waals surface area contributed by atoms with Crippen LogP contribution >= 0.6 is 0 Å². The van der Waals surface area contributed by atoms with E-state index in [0.717, 1.165) is 5.56 Å². The quantitative estimate of drug-likeness (QED) is 0.918. The van der Waals surface area contributed by atoms with Crippen LogP contribution in [0.4, 0.5) is 5.69 Å². The lowest BCUT2D eigenvalue weighted by Crippen LogP contribution is -2.16. The molecule has 0 saturated heterocycles. The summed E-state index contributed by atoms with van der Waals surface area (Å²) in [6.07, 6.45) is 0. The molecule has 0 aromatic heterocycles. The lowest BCUT2D eigenvalue weighted by atomic mass is 9.87. The normalized spacial score (nSPS) is 11.6. The molecular formula is C18H20N2O3S. The SMILES string of the molecule is COc1ccc(C(C)(C)C)cc1NS(=O)(=O)c1cccc(C#N)c1. The molecule has 2 rings (SSSR count). The third-order valence-electron chi connectivity index (χ3n) is 3.58. The standard InChI is InChI=1S/C18H20N2O3S/c1-18(2,3)14-8-9-17(23-4)16(11-14)20-24(21,22)15-7-5-6-13(10-15)12-19/h5-11,20H,1-4H3. The summed E-state index contributed by atoms with van der Waals surface area (Å²) in [6.45, 7) is 6.14. The van der Waals surface area contributed by atoms with Crippen molar-refractivity contribution in [3.8, 4) is 11.8 Å². The van der Waals surface area contributed by atoms with E-state index < -0.39 is 10.0 Å². The molecule has 0 aliphatic rings. The Morgan fingerprint density at radius 2 is 1.83 bits per heavy atom. The number of hydrogen-bond acceptors (Lipinski definition) is 4. The molecule has 0 spiro atoms. The zero-order chi connectivity index (χ0) is 18.0. The van der Waals surface area contributed by atoms with Crippen molar-refractivity contribution in [2.45, 2.75) is 31.1 Å². The third-order valence-corrected chi connectivity index (χ3v) is 4.95. The lowest BCUT2D eigenvalue weighted by Gasteiger charge is -2.21. The molecule has 5 nitrogen and oxygen atoms in total. The largest absolute Gasteiger partial charge is 0.495 e. The van der Waals surface area contributed by atoms with E-state index in [-0.39, 0.29) is 15.9 Å². The van der Waals surface area contributed by atoms with Crippen molar-refractivity contribution in [3.63, 3.8) is 0 Å². The van der Waals surface area contributed by atoms with E-state index in [0.29, 0.717) is 11.4 Å². The Morgan fingerprint density at radius 3 is 2.42 bits per heavy atom. The van der Waals surface area contributed by atoms with E-state index in [1.54, 1.807) is 18.2 Å². The van der Waals surface area contributed by atoms with Gasteiger partial charge in [-0.15, -0.1) is 0 Å². The van der Waals surface area contributed by atoms with Crippen LogP contribution < -0.4 is 9.46 Å². The van der Waals surface area contributed by atoms with Crippen molar-refractivity contribution in [3.05, 3.63) is 53.6 Å². The van der Waals surface area contributed by atoms with Crippen LogP contribution in [0.15, 0.2) is 47.4 Å². The molecule has 6 heteroatoms. The van der Waals surface area contributed by atoms with Crippen LogP contribution in [-0.4, -0.2) is 15.5 Å². The van der Waals surface area contributed by atoms with Crippen LogP contribution in [0.5, 0.6) is 5.75 Å². The highest BCUT2D eigenvalue weighted by atomic mass is 32.2. The predicted molar refractivity (Wildman–Crippen MR) is 93.7 cm³/mol. The van der Waals surface area contributed by atoms with Gasteiger partial charge < -0.3 is 4.74 Å². The maximum atomic E-state index is 12.6. The Kier molecular flexibility index (Phi) is 4.86. The molecule has 0 saturated carbocycles. The molecule has 0 atom stereocenters. The van der Waals surface area contributed by atoms with Crippen molar-refractivity contribution in [1.82, 2.24) is 0 Å². The second-order valence-corrected chi connectivity index (χ2v) is 8.09. The van der Waals surface area contributed by atoms with Gasteiger partial charge in [-0.1, -0.05) is 32.9 Å². The first-order chi connectivity index (χ1) is 11.2. The number of rotatable bonds is 4. The molecule has 0 fully saturated rings. The van der Waals surface area contributed by atoms with Gasteiger partial charge in [0.1, 0.15) is 5.75 Å². The number of ether oxygens (including phenoxy) is 1. The van der Waals surface area contributed by atoms with Gasteiger partial charge in [-0.05, 0) is 41.3 Å². The number of anilines is 1. The monoisotopic (exact) mass is 344 g/mol. The van der Waals surface area contributed by atoms with Gasteiger partial charge in [0.2, 0.25) is 0 Å². The number of methoxy groups -OCH3 is 1. The number of nitrogens with one attached hydrogen (secondary N) is 1. The van der Waals surface area contributed by atoms with Gasteiger partial charge in [0, 0.05) is 0 Å². The van der Waals surface area contributed by atoms with Crippen molar-refractivity contribution in [1.29, 1.82) is 5.26 Å². The van der Waals surface area contributed by atoms with Crippen molar-refractivity contribution in [2.75, 3.05) is 11.8 Å². The number of nitriles is 1. The van der Waals surface area contributed by atoms with E-state index in [2.05, 4.69) is 4.72 Å². The minimum Gasteiger partial charge on any atom is -0.495 e. The molecule has 0 radical (unpaired) electrons. The molecule has 0 aliphatic heterocycles. The molecule has 126 valence electrons. The summed E-state index contributed by atoms with van der Waals surface area (Å²) in [6, 6.07) is 13.2. The number of benzene rings is 2. The minimum atomic E-state index is -3.82. The van der Waals surface area contributed by atoms with Crippen molar-refractivity contribution >= 4 is 15.7 Å². The van der Waals surface area contributed by atoms with Gasteiger partial charge >= 0.3 is 0 Å². The first-order valence-corrected chi connectivity index (χ1v) is 8.87. The molecule has 0 heterocycles. The summed E-state index contributed by atoms with van der Waals surface area (Å²) in [7, 11) is -2.34. The molecule has 0 bridgehead atoms. The van der Waals surface area contributed by atoms with Gasteiger partial charge in [-0.2, -0.15) is 5.26 Å². The van der Waals surface area contributed by atoms with Gasteiger partial charge in [-0.3, -0.25) is 4.72 Å². The molecule has 2 aromatic carbocycles. The highest BCUT2D eigenvalue weighted by molar-refractivity contribution is 7.92. The van der Waals surface area contributed by atoms with E-state index in [9.17, 15) is 8.42 Å². The maximum Gasteiger partial charge on any atom is 0.262 e. The summed E-state index contributed by atoms with van der Waals surface area (Å²) >= 11 is 0. The molecular weight excluding hydrogens is 324 g/mol. The number of sulfonamides is 1. The highest BCUT2D eigenvalue weighted by Crippen LogP contribution is 2.32. The summed E-state index contributed by atoms with van der Waals surface area (Å²) < 4.78 is 33.1. The van der Waals surface area contributed by atoms with Crippen molar-refractivity contribution in [2.24, 2.45) is 0 Å². The number of hydrogen-bond donors (Lipinski definition) is 1. The fraction of sp³-hybridized carbons (Fsp3) is 0.278. The summed E-state index contributed by atoms with van der Waals surface area (Å²) in [5, 5.41) is 8.94. The fourth-order valence-electron chi connectivity index (χ4n) is 2.19. The smallest absolute Gasteiger partial charge is 0.262 e. The van der Waals surface area contributed by atoms with Crippen LogP contribution in [0.25, 0.3) is 0 Å². The van der Waals surface area contributed by atoms with Gasteiger partial charge in [0.15, 0.2) is 0 Å². The van der Waals surface area contributed by atoms with E-state index in [4.69, 9.17) is 10.00 Å². The highest BCUT2D eigenvalue weighted by Gasteiger charge is 2.20. The van der Waals surface area contributed by atoms with E-state index >= 15 is 0 Å². The molecule has 1 N–H and O–H groups in total. The molecule has 0 amide bonds. The Bertz CT molecular complexity index is 891. The molecule has 0 aliphatic carbocycles. The van der Waals surface area contributed by atoms with Crippen LogP contribution in [0, 0.1) is 11.3 Å². The summed E-state index contributed by atoms with van der Waals surface area (Å²) in [4.78, 5) is 0.0322. The van der Waals surface area contributed by atoms with Crippen molar-refractivity contribution < 1.29 is 13.2 Å². The third kappa shape index (κ3) is 3.87. The molecule has 2 aromatic rings. The van der Waals surface area contributed by atoms with Crippen LogP contribution in [0.2, 0.25) is 0 Å². The zero-order valence-electron chi connectivity index (χ0n) is 14.1. The fourth-order valence-corrected chi connectivity index (χ4v) is 3.30. The second kappa shape index (κ2) is 6.54. The predicted octanol–water partition coefficient (Wildman–Crippen LogP) is 3.67. The Balaban J connectivity index is 2.47. The first kappa shape index (κ1) is 17.8. The van der Waals surface area contributed by atoms with Gasteiger partial charge in [0.05, 0.1) is 29.3 Å². The summed E-state index contributed by atoms with van der Waals surface area (Å²) in [5.74, 6) is 0.433. The average Bonchev–Trinajstić information content (AvgIpc) is 2.53. The van der Waals surface area contributed by atoms with E-state index in [1.165, 1.54) is 25.3 Å². The van der Waals surface area contributed by atoms with Crippen LogP contribution in [0.1, 0.15) is 31.9 Å². The number of nitrogens with zero attached hydrogens (tertiary/aromatic N) is 1.